The van der Waals surface area contributed by atoms with Crippen LogP contribution in [0.2, 0.25) is 0 Å². The van der Waals surface area contributed by atoms with Gasteiger partial charge in [-0.3, -0.25) is 0 Å². The van der Waals surface area contributed by atoms with Gasteiger partial charge in [-0.1, -0.05) is 0 Å². The van der Waals surface area contributed by atoms with Crippen LogP contribution in [0.3, 0.4) is 0 Å². The van der Waals surface area contributed by atoms with Gasteiger partial charge >= 0.3 is 0 Å². The van der Waals surface area contributed by atoms with E-state index in [1.54, 1.807) is 0 Å². The fraction of sp³-hybridized carbons (Fsp3) is 0.500. The van der Waals surface area contributed by atoms with E-state index in [-0.39, 0.29) is 0 Å². The number of anilines is 1. The van der Waals surface area contributed by atoms with E-state index in [2.05, 4.69) is 18.7 Å². The molecule has 1 N–H and O–H groups in total. The minimum Gasteiger partial charge on any atom is -0.507 e. The molecule has 1 aromatic rings. The highest BCUT2D eigenvalue weighted by Crippen LogP contribution is 2.35. The number of hydrogen-bond acceptors (Lipinski definition) is 2. The van der Waals surface area contributed by atoms with Gasteiger partial charge < -0.3 is 10.0 Å². The molecule has 0 spiro atoms. The summed E-state index contributed by atoms with van der Waals surface area (Å²) in [5.41, 5.74) is 5.51. The molecule has 0 amide bonds. The summed E-state index contributed by atoms with van der Waals surface area (Å²) in [5, 5.41) is 9.86. The number of phenolic OH excluding ortho intramolecular Hbond substituents is 1. The molecule has 2 heteroatoms. The van der Waals surface area contributed by atoms with E-state index in [0.29, 0.717) is 5.75 Å². The van der Waals surface area contributed by atoms with Gasteiger partial charge in [0.05, 0.1) is 0 Å². The van der Waals surface area contributed by atoms with E-state index in [0.717, 1.165) is 22.3 Å². The summed E-state index contributed by atoms with van der Waals surface area (Å²) in [5.74, 6) is 0.436. The van der Waals surface area contributed by atoms with Crippen molar-refractivity contribution in [1.82, 2.24) is 0 Å². The molecular weight excluding hydrogens is 174 g/mol. The van der Waals surface area contributed by atoms with Crippen molar-refractivity contribution in [3.8, 4) is 5.75 Å². The minimum atomic E-state index is 0.436. The molecule has 2 nitrogen and oxygen atoms in total. The number of nitrogens with zero attached hydrogens (tertiary/aromatic N) is 1. The van der Waals surface area contributed by atoms with Crippen molar-refractivity contribution in [1.29, 1.82) is 0 Å². The smallest absolute Gasteiger partial charge is 0.122 e. The molecule has 0 unspecified atom stereocenters. The SMILES string of the molecule is Cc1c(C)c(N(C)C)c(C)c(C)c1O. The third-order valence-electron chi connectivity index (χ3n) is 2.99. The van der Waals surface area contributed by atoms with Gasteiger partial charge in [-0.05, 0) is 49.9 Å². The lowest BCUT2D eigenvalue weighted by Crippen LogP contribution is -2.13. The molecule has 0 heterocycles. The van der Waals surface area contributed by atoms with Crippen molar-refractivity contribution in [2.45, 2.75) is 27.7 Å². The normalized spacial score (nSPS) is 10.4. The lowest BCUT2D eigenvalue weighted by molar-refractivity contribution is 0.465. The van der Waals surface area contributed by atoms with Gasteiger partial charge in [-0.15, -0.1) is 0 Å². The first-order valence-corrected chi connectivity index (χ1v) is 4.84. The van der Waals surface area contributed by atoms with Crippen LogP contribution in [-0.4, -0.2) is 19.2 Å². The summed E-state index contributed by atoms with van der Waals surface area (Å²) in [6, 6.07) is 0. The van der Waals surface area contributed by atoms with Crippen molar-refractivity contribution in [3.63, 3.8) is 0 Å². The quantitative estimate of drug-likeness (QED) is 0.741. The predicted molar refractivity (Wildman–Crippen MR) is 61.4 cm³/mol. The number of phenols is 1. The Morgan fingerprint density at radius 2 is 1.14 bits per heavy atom. The second-order valence-electron chi connectivity index (χ2n) is 4.09. The molecule has 0 aliphatic carbocycles. The largest absolute Gasteiger partial charge is 0.507 e. The van der Waals surface area contributed by atoms with Crippen LogP contribution < -0.4 is 4.90 Å². The van der Waals surface area contributed by atoms with Crippen molar-refractivity contribution in [2.24, 2.45) is 0 Å². The summed E-state index contributed by atoms with van der Waals surface area (Å²) in [6.07, 6.45) is 0. The highest BCUT2D eigenvalue weighted by molar-refractivity contribution is 5.67. The molecule has 0 radical (unpaired) electrons. The fourth-order valence-electron chi connectivity index (χ4n) is 1.94. The molecule has 0 atom stereocenters. The number of benzene rings is 1. The van der Waals surface area contributed by atoms with Gasteiger partial charge in [-0.25, -0.2) is 0 Å². The molecule has 0 aliphatic heterocycles. The van der Waals surface area contributed by atoms with Crippen LogP contribution in [-0.2, 0) is 0 Å². The van der Waals surface area contributed by atoms with E-state index < -0.39 is 0 Å². The minimum absolute atomic E-state index is 0.436. The maximum atomic E-state index is 9.86. The van der Waals surface area contributed by atoms with E-state index in [1.165, 1.54) is 5.69 Å². The van der Waals surface area contributed by atoms with Crippen LogP contribution in [0.1, 0.15) is 22.3 Å². The number of hydrogen-bond donors (Lipinski definition) is 1. The van der Waals surface area contributed by atoms with Gasteiger partial charge in [0.25, 0.3) is 0 Å². The Hall–Kier alpha value is -1.18. The van der Waals surface area contributed by atoms with Gasteiger partial charge in [0.1, 0.15) is 5.75 Å². The molecule has 0 aromatic heterocycles. The molecule has 0 bridgehead atoms. The summed E-state index contributed by atoms with van der Waals surface area (Å²) in [7, 11) is 4.07. The second kappa shape index (κ2) is 3.52. The molecule has 0 fully saturated rings. The first-order valence-electron chi connectivity index (χ1n) is 4.84. The highest BCUT2D eigenvalue weighted by Gasteiger charge is 2.14. The molecule has 1 aromatic carbocycles. The van der Waals surface area contributed by atoms with Crippen molar-refractivity contribution in [2.75, 3.05) is 19.0 Å². The Morgan fingerprint density at radius 3 is 1.43 bits per heavy atom. The maximum absolute atomic E-state index is 9.86. The van der Waals surface area contributed by atoms with Crippen molar-refractivity contribution >= 4 is 5.69 Å². The van der Waals surface area contributed by atoms with E-state index in [1.807, 2.05) is 27.9 Å². The molecule has 0 saturated heterocycles. The third-order valence-corrected chi connectivity index (χ3v) is 2.99. The monoisotopic (exact) mass is 193 g/mol. The highest BCUT2D eigenvalue weighted by atomic mass is 16.3. The Morgan fingerprint density at radius 1 is 0.786 bits per heavy atom. The van der Waals surface area contributed by atoms with Crippen LogP contribution in [0.15, 0.2) is 0 Å². The first kappa shape index (κ1) is 10.9. The standard InChI is InChI=1S/C12H19NO/c1-7-9(3)12(14)10(4)8(2)11(7)13(5)6/h14H,1-6H3. The Bertz CT molecular complexity index is 338. The van der Waals surface area contributed by atoms with Crippen molar-refractivity contribution < 1.29 is 5.11 Å². The van der Waals surface area contributed by atoms with Gasteiger partial charge in [-0.2, -0.15) is 0 Å². The lowest BCUT2D eigenvalue weighted by atomic mass is 9.97. The molecule has 14 heavy (non-hydrogen) atoms. The fourth-order valence-corrected chi connectivity index (χ4v) is 1.94. The zero-order valence-corrected chi connectivity index (χ0v) is 9.89. The average Bonchev–Trinajstić information content (AvgIpc) is 2.11. The third kappa shape index (κ3) is 1.45. The van der Waals surface area contributed by atoms with Crippen molar-refractivity contribution in [3.05, 3.63) is 22.3 Å². The lowest BCUT2D eigenvalue weighted by Gasteiger charge is -2.23. The maximum Gasteiger partial charge on any atom is 0.122 e. The zero-order valence-electron chi connectivity index (χ0n) is 9.89. The first-order chi connectivity index (χ1) is 6.37. The average molecular weight is 193 g/mol. The van der Waals surface area contributed by atoms with Gasteiger partial charge in [0.2, 0.25) is 0 Å². The van der Waals surface area contributed by atoms with Crippen LogP contribution in [0.4, 0.5) is 5.69 Å². The molecule has 0 saturated carbocycles. The van der Waals surface area contributed by atoms with Crippen LogP contribution >= 0.6 is 0 Å². The van der Waals surface area contributed by atoms with E-state index in [9.17, 15) is 5.11 Å². The number of rotatable bonds is 1. The molecule has 1 rings (SSSR count). The topological polar surface area (TPSA) is 23.5 Å². The Kier molecular flexibility index (Phi) is 2.74. The zero-order chi connectivity index (χ0) is 11.0. The van der Waals surface area contributed by atoms with E-state index in [4.69, 9.17) is 0 Å². The summed E-state index contributed by atoms with van der Waals surface area (Å²) in [6.45, 7) is 8.03. The summed E-state index contributed by atoms with van der Waals surface area (Å²) in [4.78, 5) is 2.10. The number of aromatic hydroxyl groups is 1. The Balaban J connectivity index is 3.60. The second-order valence-corrected chi connectivity index (χ2v) is 4.09. The summed E-state index contributed by atoms with van der Waals surface area (Å²) >= 11 is 0. The van der Waals surface area contributed by atoms with Gasteiger partial charge in [0, 0.05) is 19.8 Å². The van der Waals surface area contributed by atoms with Crippen LogP contribution in [0.25, 0.3) is 0 Å². The van der Waals surface area contributed by atoms with Gasteiger partial charge in [0.15, 0.2) is 0 Å². The molecular formula is C12H19NO. The predicted octanol–water partition coefficient (Wildman–Crippen LogP) is 2.69. The summed E-state index contributed by atoms with van der Waals surface area (Å²) < 4.78 is 0. The van der Waals surface area contributed by atoms with Crippen LogP contribution in [0.5, 0.6) is 5.75 Å². The van der Waals surface area contributed by atoms with Crippen LogP contribution in [0, 0.1) is 27.7 Å². The van der Waals surface area contributed by atoms with E-state index >= 15 is 0 Å². The Labute approximate surface area is 86.2 Å². The molecule has 0 aliphatic rings. The molecule has 78 valence electrons.